The summed E-state index contributed by atoms with van der Waals surface area (Å²) >= 11 is 3.15. The summed E-state index contributed by atoms with van der Waals surface area (Å²) in [7, 11) is 3.49. The molecule has 1 aromatic heterocycles. The van der Waals surface area contributed by atoms with Gasteiger partial charge in [0.2, 0.25) is 5.91 Å². The lowest BCUT2D eigenvalue weighted by molar-refractivity contribution is -0.125. The molecule has 0 saturated carbocycles. The van der Waals surface area contributed by atoms with Crippen LogP contribution in [-0.2, 0) is 11.3 Å². The van der Waals surface area contributed by atoms with Gasteiger partial charge in [-0.3, -0.25) is 14.5 Å². The Labute approximate surface area is 168 Å². The number of rotatable bonds is 6. The molecule has 0 atom stereocenters. The second-order valence-electron chi connectivity index (χ2n) is 6.77. The van der Waals surface area contributed by atoms with E-state index in [0.29, 0.717) is 11.3 Å². The topological polar surface area (TPSA) is 43.9 Å². The summed E-state index contributed by atoms with van der Waals surface area (Å²) in [6, 6.07) is 9.75. The lowest BCUT2D eigenvalue weighted by atomic mass is 10.1. The molecule has 1 aliphatic rings. The fourth-order valence-electron chi connectivity index (χ4n) is 2.96. The molecule has 5 nitrogen and oxygen atoms in total. The minimum Gasteiger partial charge on any atom is -0.348 e. The van der Waals surface area contributed by atoms with Crippen molar-refractivity contribution in [2.24, 2.45) is 0 Å². The highest BCUT2D eigenvalue weighted by molar-refractivity contribution is 8.00. The molecule has 27 heavy (non-hydrogen) atoms. The Hall–Kier alpha value is -1.83. The van der Waals surface area contributed by atoms with Crippen LogP contribution >= 0.6 is 23.1 Å². The van der Waals surface area contributed by atoms with Gasteiger partial charge in [0.15, 0.2) is 0 Å². The Morgan fingerprint density at radius 3 is 2.52 bits per heavy atom. The first-order valence-corrected chi connectivity index (χ1v) is 10.9. The van der Waals surface area contributed by atoms with Crippen molar-refractivity contribution in [1.29, 1.82) is 0 Å². The van der Waals surface area contributed by atoms with E-state index in [1.807, 2.05) is 29.2 Å². The van der Waals surface area contributed by atoms with Gasteiger partial charge in [0.25, 0.3) is 5.91 Å². The highest BCUT2D eigenvalue weighted by atomic mass is 32.2. The minimum absolute atomic E-state index is 0.0456. The number of hydrogen-bond donors (Lipinski definition) is 0. The zero-order valence-electron chi connectivity index (χ0n) is 15.8. The summed E-state index contributed by atoms with van der Waals surface area (Å²) in [6.07, 6.45) is 0. The average molecular weight is 404 g/mol. The van der Waals surface area contributed by atoms with Crippen molar-refractivity contribution in [3.8, 4) is 0 Å². The van der Waals surface area contributed by atoms with Gasteiger partial charge in [-0.05, 0) is 34.5 Å². The number of carbonyl (C=O) groups is 2. The monoisotopic (exact) mass is 403 g/mol. The van der Waals surface area contributed by atoms with Crippen molar-refractivity contribution in [2.75, 3.05) is 46.0 Å². The molecule has 0 bridgehead atoms. The summed E-state index contributed by atoms with van der Waals surface area (Å²) in [4.78, 5) is 31.7. The Kier molecular flexibility index (Phi) is 6.93. The number of thiophene rings is 1. The van der Waals surface area contributed by atoms with Crippen LogP contribution in [0.2, 0.25) is 0 Å². The summed E-state index contributed by atoms with van der Waals surface area (Å²) in [6.45, 7) is 4.19. The first kappa shape index (κ1) is 19.9. The maximum absolute atomic E-state index is 13.0. The highest BCUT2D eigenvalue weighted by Gasteiger charge is 2.24. The van der Waals surface area contributed by atoms with E-state index >= 15 is 0 Å². The fourth-order valence-corrected chi connectivity index (χ4v) is 4.64. The van der Waals surface area contributed by atoms with Crippen LogP contribution in [0, 0.1) is 0 Å². The summed E-state index contributed by atoms with van der Waals surface area (Å²) in [5.74, 6) is 0.445. The van der Waals surface area contributed by atoms with Crippen LogP contribution in [-0.4, -0.2) is 72.5 Å². The molecule has 0 spiro atoms. The zero-order chi connectivity index (χ0) is 19.2. The van der Waals surface area contributed by atoms with Gasteiger partial charge >= 0.3 is 0 Å². The maximum atomic E-state index is 13.0. The number of amides is 2. The van der Waals surface area contributed by atoms with Crippen LogP contribution in [0.3, 0.4) is 0 Å². The van der Waals surface area contributed by atoms with Crippen LogP contribution in [0.15, 0.2) is 46.0 Å². The van der Waals surface area contributed by atoms with E-state index in [1.54, 1.807) is 30.3 Å². The van der Waals surface area contributed by atoms with Crippen molar-refractivity contribution in [3.63, 3.8) is 0 Å². The normalized spacial score (nSPS) is 15.0. The molecule has 2 aromatic rings. The molecule has 3 rings (SSSR count). The van der Waals surface area contributed by atoms with E-state index in [9.17, 15) is 9.59 Å². The van der Waals surface area contributed by atoms with E-state index in [0.717, 1.165) is 37.6 Å². The molecule has 144 valence electrons. The number of hydrogen-bond acceptors (Lipinski definition) is 5. The summed E-state index contributed by atoms with van der Waals surface area (Å²) in [5.41, 5.74) is 2.03. The van der Waals surface area contributed by atoms with Crippen molar-refractivity contribution in [2.45, 2.75) is 11.4 Å². The molecule has 7 heteroatoms. The summed E-state index contributed by atoms with van der Waals surface area (Å²) < 4.78 is 0. The van der Waals surface area contributed by atoms with Crippen molar-refractivity contribution in [1.82, 2.24) is 14.7 Å². The fraction of sp³-hybridized carbons (Fsp3) is 0.400. The van der Waals surface area contributed by atoms with E-state index in [2.05, 4.69) is 21.7 Å². The predicted molar refractivity (Wildman–Crippen MR) is 111 cm³/mol. The molecule has 1 saturated heterocycles. The van der Waals surface area contributed by atoms with Crippen LogP contribution in [0.25, 0.3) is 0 Å². The number of carbonyl (C=O) groups excluding carboxylic acids is 2. The lowest BCUT2D eigenvalue weighted by Crippen LogP contribution is -2.48. The second-order valence-corrected chi connectivity index (χ2v) is 8.57. The lowest BCUT2D eigenvalue weighted by Gasteiger charge is -2.35. The first-order valence-electron chi connectivity index (χ1n) is 8.99. The van der Waals surface area contributed by atoms with Gasteiger partial charge in [-0.25, -0.2) is 0 Å². The van der Waals surface area contributed by atoms with E-state index in [1.165, 1.54) is 17.3 Å². The largest absolute Gasteiger partial charge is 0.348 e. The molecule has 0 aliphatic carbocycles. The highest BCUT2D eigenvalue weighted by Crippen LogP contribution is 2.24. The van der Waals surface area contributed by atoms with Crippen molar-refractivity contribution >= 4 is 34.9 Å². The van der Waals surface area contributed by atoms with Gasteiger partial charge in [-0.1, -0.05) is 12.1 Å². The van der Waals surface area contributed by atoms with E-state index < -0.39 is 0 Å². The van der Waals surface area contributed by atoms with Gasteiger partial charge in [0.05, 0.1) is 11.3 Å². The van der Waals surface area contributed by atoms with Gasteiger partial charge in [0.1, 0.15) is 0 Å². The molecular weight excluding hydrogens is 378 g/mol. The Morgan fingerprint density at radius 2 is 1.85 bits per heavy atom. The molecule has 2 heterocycles. The average Bonchev–Trinajstić information content (AvgIpc) is 3.19. The zero-order valence-corrected chi connectivity index (χ0v) is 17.4. The first-order chi connectivity index (χ1) is 13.0. The number of thioether (sulfide) groups is 1. The van der Waals surface area contributed by atoms with Gasteiger partial charge in [0, 0.05) is 51.7 Å². The smallest absolute Gasteiger partial charge is 0.255 e. The molecular formula is C20H25N3O2S2. The third kappa shape index (κ3) is 5.34. The Balaban J connectivity index is 1.59. The molecule has 2 amide bonds. The second kappa shape index (κ2) is 9.39. The van der Waals surface area contributed by atoms with E-state index in [4.69, 9.17) is 0 Å². The standard InChI is InChI=1S/C20H25N3O2S2/c1-21(2)19(24)15-27-18-6-4-3-5-17(18)20(25)23-10-8-22(9-11-23)13-16-7-12-26-14-16/h3-7,12,14H,8-11,13,15H2,1-2H3. The number of nitrogens with zero attached hydrogens (tertiary/aromatic N) is 3. The van der Waals surface area contributed by atoms with Gasteiger partial charge in [-0.15, -0.1) is 11.8 Å². The van der Waals surface area contributed by atoms with Crippen LogP contribution in [0.5, 0.6) is 0 Å². The number of benzene rings is 1. The van der Waals surface area contributed by atoms with Gasteiger partial charge in [-0.2, -0.15) is 11.3 Å². The molecule has 0 unspecified atom stereocenters. The van der Waals surface area contributed by atoms with Crippen molar-refractivity contribution < 1.29 is 9.59 Å². The van der Waals surface area contributed by atoms with E-state index in [-0.39, 0.29) is 11.8 Å². The van der Waals surface area contributed by atoms with Crippen LogP contribution in [0.1, 0.15) is 15.9 Å². The maximum Gasteiger partial charge on any atom is 0.255 e. The number of piperazine rings is 1. The molecule has 0 radical (unpaired) electrons. The third-order valence-corrected chi connectivity index (χ3v) is 6.40. The molecule has 1 aliphatic heterocycles. The minimum atomic E-state index is 0.0456. The Bertz CT molecular complexity index is 769. The van der Waals surface area contributed by atoms with Crippen LogP contribution < -0.4 is 0 Å². The SMILES string of the molecule is CN(C)C(=O)CSc1ccccc1C(=O)N1CCN(Cc2ccsc2)CC1. The quantitative estimate of drug-likeness (QED) is 0.696. The molecule has 1 fully saturated rings. The van der Waals surface area contributed by atoms with Crippen molar-refractivity contribution in [3.05, 3.63) is 52.2 Å². The Morgan fingerprint density at radius 1 is 1.11 bits per heavy atom. The van der Waals surface area contributed by atoms with Gasteiger partial charge < -0.3 is 9.80 Å². The van der Waals surface area contributed by atoms with Crippen LogP contribution in [0.4, 0.5) is 0 Å². The molecule has 0 N–H and O–H groups in total. The summed E-state index contributed by atoms with van der Waals surface area (Å²) in [5, 5.41) is 4.28. The predicted octanol–water partition coefficient (Wildman–Crippen LogP) is 2.89. The third-order valence-electron chi connectivity index (χ3n) is 4.61. The molecule has 1 aromatic carbocycles.